The van der Waals surface area contributed by atoms with E-state index in [0.717, 1.165) is 36.9 Å². The smallest absolute Gasteiger partial charge is 0.224 e. The fourth-order valence-electron chi connectivity index (χ4n) is 2.38. The van der Waals surface area contributed by atoms with E-state index in [-0.39, 0.29) is 29.9 Å². The minimum atomic E-state index is -0.0272. The highest BCUT2D eigenvalue weighted by Crippen LogP contribution is 2.13. The summed E-state index contributed by atoms with van der Waals surface area (Å²) in [5, 5.41) is 9.99. The monoisotopic (exact) mass is 515 g/mol. The van der Waals surface area contributed by atoms with Gasteiger partial charge in [-0.2, -0.15) is 0 Å². The average Bonchev–Trinajstić information content (AvgIpc) is 2.68. The summed E-state index contributed by atoms with van der Waals surface area (Å²) in [7, 11) is 0. The lowest BCUT2D eigenvalue weighted by molar-refractivity contribution is -0.116. The van der Waals surface area contributed by atoms with Gasteiger partial charge >= 0.3 is 0 Å². The van der Waals surface area contributed by atoms with Crippen molar-refractivity contribution in [3.63, 3.8) is 0 Å². The highest BCUT2D eigenvalue weighted by molar-refractivity contribution is 14.0. The number of amides is 1. The number of aliphatic imine (C=N–C) groups is 1. The molecule has 0 saturated carbocycles. The molecule has 0 spiro atoms. The van der Waals surface area contributed by atoms with Crippen LogP contribution in [0.25, 0.3) is 0 Å². The van der Waals surface area contributed by atoms with Crippen LogP contribution in [-0.2, 0) is 11.2 Å². The van der Waals surface area contributed by atoms with Gasteiger partial charge in [-0.05, 0) is 49.7 Å². The summed E-state index contributed by atoms with van der Waals surface area (Å²) in [6, 6.07) is 13.0. The lowest BCUT2D eigenvalue weighted by Gasteiger charge is -2.11. The number of nitrogens with zero attached hydrogens (tertiary/aromatic N) is 2. The number of anilines is 1. The van der Waals surface area contributed by atoms with Crippen molar-refractivity contribution in [3.05, 3.63) is 59.4 Å². The zero-order chi connectivity index (χ0) is 19.3. The Labute approximate surface area is 188 Å². The summed E-state index contributed by atoms with van der Waals surface area (Å²) in [6.45, 7) is 4.13. The van der Waals surface area contributed by atoms with Crippen LogP contribution < -0.4 is 16.0 Å². The third kappa shape index (κ3) is 9.89. The molecule has 0 unspecified atom stereocenters. The fourth-order valence-corrected chi connectivity index (χ4v) is 2.51. The maximum absolute atomic E-state index is 12.0. The van der Waals surface area contributed by atoms with Crippen LogP contribution in [0.3, 0.4) is 0 Å². The molecule has 2 rings (SSSR count). The van der Waals surface area contributed by atoms with Crippen LogP contribution in [-0.4, -0.2) is 36.5 Å². The summed E-state index contributed by atoms with van der Waals surface area (Å²) in [5.41, 5.74) is 1.79. The maximum atomic E-state index is 12.0. The number of carbonyl (C=O) groups is 1. The average molecular weight is 516 g/mol. The number of guanidine groups is 1. The number of hydrogen-bond acceptors (Lipinski definition) is 3. The fraction of sp³-hybridized carbons (Fsp3) is 0.350. The predicted octanol–water partition coefficient (Wildman–Crippen LogP) is 3.87. The molecule has 6 nitrogen and oxygen atoms in total. The first kappa shape index (κ1) is 24.2. The molecule has 0 saturated heterocycles. The number of rotatable bonds is 9. The molecule has 0 aliphatic rings. The van der Waals surface area contributed by atoms with Crippen LogP contribution in [0.2, 0.25) is 5.02 Å². The number of hydrogen-bond donors (Lipinski definition) is 3. The van der Waals surface area contributed by atoms with E-state index in [1.807, 2.05) is 25.1 Å². The third-order valence-electron chi connectivity index (χ3n) is 3.70. The molecular formula is C20H27ClIN5O. The van der Waals surface area contributed by atoms with E-state index >= 15 is 0 Å². The molecule has 28 heavy (non-hydrogen) atoms. The first-order chi connectivity index (χ1) is 13.2. The summed E-state index contributed by atoms with van der Waals surface area (Å²) in [6.07, 6.45) is 3.72. The molecule has 1 aromatic carbocycles. The third-order valence-corrected chi connectivity index (χ3v) is 3.96. The topological polar surface area (TPSA) is 78.4 Å². The standard InChI is InChI=1S/C20H26ClN5O.HI/c1-2-22-20(25-15-12-17-6-3-4-13-23-17)24-14-5-7-19(27)26-18-10-8-16(21)9-11-18;/h3-4,6,8-11,13H,2,5,7,12,14-15H2,1H3,(H,26,27)(H2,22,24,25);1H. The quantitative estimate of drug-likeness (QED) is 0.205. The van der Waals surface area contributed by atoms with Crippen molar-refractivity contribution in [2.24, 2.45) is 4.99 Å². The second kappa shape index (κ2) is 14.2. The minimum absolute atomic E-state index is 0. The molecule has 1 heterocycles. The van der Waals surface area contributed by atoms with Crippen LogP contribution in [0.4, 0.5) is 5.69 Å². The summed E-state index contributed by atoms with van der Waals surface area (Å²) >= 11 is 5.83. The number of carbonyl (C=O) groups excluding carboxylic acids is 1. The van der Waals surface area contributed by atoms with Crippen molar-refractivity contribution < 1.29 is 4.79 Å². The second-order valence-electron chi connectivity index (χ2n) is 5.92. The van der Waals surface area contributed by atoms with Crippen LogP contribution in [0.5, 0.6) is 0 Å². The van der Waals surface area contributed by atoms with Crippen molar-refractivity contribution in [1.29, 1.82) is 0 Å². The largest absolute Gasteiger partial charge is 0.357 e. The van der Waals surface area contributed by atoms with E-state index in [4.69, 9.17) is 11.6 Å². The molecular weight excluding hydrogens is 489 g/mol. The number of benzene rings is 1. The molecule has 0 aliphatic carbocycles. The molecule has 0 atom stereocenters. The van der Waals surface area contributed by atoms with Gasteiger partial charge in [-0.3, -0.25) is 14.8 Å². The highest BCUT2D eigenvalue weighted by Gasteiger charge is 2.03. The molecule has 2 aromatic rings. The Hall–Kier alpha value is -1.87. The highest BCUT2D eigenvalue weighted by atomic mass is 127. The van der Waals surface area contributed by atoms with Gasteiger partial charge in [0.1, 0.15) is 0 Å². The van der Waals surface area contributed by atoms with Gasteiger partial charge < -0.3 is 16.0 Å². The zero-order valence-electron chi connectivity index (χ0n) is 16.0. The summed E-state index contributed by atoms with van der Waals surface area (Å²) < 4.78 is 0. The molecule has 152 valence electrons. The van der Waals surface area contributed by atoms with Gasteiger partial charge in [-0.25, -0.2) is 0 Å². The van der Waals surface area contributed by atoms with Crippen LogP contribution in [0, 0.1) is 0 Å². The summed E-state index contributed by atoms with van der Waals surface area (Å²) in [5.74, 6) is 0.729. The first-order valence-electron chi connectivity index (χ1n) is 9.15. The number of aromatic nitrogens is 1. The lowest BCUT2D eigenvalue weighted by atomic mass is 10.2. The summed E-state index contributed by atoms with van der Waals surface area (Å²) in [4.78, 5) is 20.8. The van der Waals surface area contributed by atoms with Crippen LogP contribution in [0.1, 0.15) is 25.5 Å². The molecule has 1 amide bonds. The van der Waals surface area contributed by atoms with Crippen molar-refractivity contribution in [3.8, 4) is 0 Å². The molecule has 1 aromatic heterocycles. The SMILES string of the molecule is CCNC(=NCCCC(=O)Nc1ccc(Cl)cc1)NCCc1ccccn1.I. The number of nitrogens with one attached hydrogen (secondary N) is 3. The zero-order valence-corrected chi connectivity index (χ0v) is 19.0. The molecule has 8 heteroatoms. The molecule has 0 radical (unpaired) electrons. The molecule has 0 aliphatic heterocycles. The van der Waals surface area contributed by atoms with E-state index in [9.17, 15) is 4.79 Å². The van der Waals surface area contributed by atoms with E-state index in [1.165, 1.54) is 0 Å². The van der Waals surface area contributed by atoms with Crippen LogP contribution in [0.15, 0.2) is 53.7 Å². The van der Waals surface area contributed by atoms with Gasteiger partial charge in [0.2, 0.25) is 5.91 Å². The van der Waals surface area contributed by atoms with E-state index in [0.29, 0.717) is 24.4 Å². The Balaban J connectivity index is 0.00000392. The van der Waals surface area contributed by atoms with Crippen molar-refractivity contribution in [2.45, 2.75) is 26.2 Å². The molecule has 3 N–H and O–H groups in total. The van der Waals surface area contributed by atoms with Gasteiger partial charge in [-0.1, -0.05) is 17.7 Å². The minimum Gasteiger partial charge on any atom is -0.357 e. The number of halogens is 2. The van der Waals surface area contributed by atoms with Crippen molar-refractivity contribution >= 4 is 53.1 Å². The van der Waals surface area contributed by atoms with Crippen LogP contribution >= 0.6 is 35.6 Å². The Morgan fingerprint density at radius 2 is 1.93 bits per heavy atom. The van der Waals surface area contributed by atoms with Gasteiger partial charge in [0.05, 0.1) is 0 Å². The Morgan fingerprint density at radius 1 is 1.14 bits per heavy atom. The van der Waals surface area contributed by atoms with Gasteiger partial charge in [0.15, 0.2) is 5.96 Å². The molecule has 0 fully saturated rings. The normalized spacial score (nSPS) is 10.7. The van der Waals surface area contributed by atoms with E-state index < -0.39 is 0 Å². The Kier molecular flexibility index (Phi) is 12.2. The van der Waals surface area contributed by atoms with E-state index in [2.05, 4.69) is 25.9 Å². The van der Waals surface area contributed by atoms with E-state index in [1.54, 1.807) is 30.5 Å². The Morgan fingerprint density at radius 3 is 2.61 bits per heavy atom. The van der Waals surface area contributed by atoms with Gasteiger partial charge in [0.25, 0.3) is 0 Å². The second-order valence-corrected chi connectivity index (χ2v) is 6.35. The van der Waals surface area contributed by atoms with Gasteiger partial charge in [-0.15, -0.1) is 24.0 Å². The lowest BCUT2D eigenvalue weighted by Crippen LogP contribution is -2.38. The predicted molar refractivity (Wildman–Crippen MR) is 127 cm³/mol. The number of pyridine rings is 1. The van der Waals surface area contributed by atoms with Gasteiger partial charge in [0, 0.05) is 55.1 Å². The molecule has 0 bridgehead atoms. The van der Waals surface area contributed by atoms with Crippen molar-refractivity contribution in [1.82, 2.24) is 15.6 Å². The first-order valence-corrected chi connectivity index (χ1v) is 9.52. The Bertz CT molecular complexity index is 725. The maximum Gasteiger partial charge on any atom is 0.224 e. The van der Waals surface area contributed by atoms with Crippen molar-refractivity contribution in [2.75, 3.05) is 25.0 Å².